The standard InChI is InChI=1S/C31H33N3O4S/c1-36-30-27-20-34(35)26-11-5-3-9-23(26)19-33(27)21-28(30)38-18-8-2-7-17-37-24-15-13-22(14-16-24)31-32-25-10-4-6-12-29(25)39-31/h4,6,10-16,20-21,23H,2-3,5,7-9,17-19H2,1H3/t23-/m0/s1. The molecule has 0 saturated carbocycles. The van der Waals surface area contributed by atoms with E-state index < -0.39 is 0 Å². The number of para-hydroxylation sites is 1. The molecular formula is C31H33N3O4S. The molecule has 1 aliphatic heterocycles. The molecule has 0 amide bonds. The Morgan fingerprint density at radius 1 is 1.05 bits per heavy atom. The number of ether oxygens (including phenoxy) is 3. The summed E-state index contributed by atoms with van der Waals surface area (Å²) in [5.74, 6) is 2.44. The van der Waals surface area contributed by atoms with Gasteiger partial charge in [-0.05, 0) is 81.0 Å². The van der Waals surface area contributed by atoms with Gasteiger partial charge in [-0.2, -0.15) is 4.74 Å². The zero-order chi connectivity index (χ0) is 26.6. The fourth-order valence-electron chi connectivity index (χ4n) is 5.37. The fourth-order valence-corrected chi connectivity index (χ4v) is 6.34. The van der Waals surface area contributed by atoms with E-state index in [4.69, 9.17) is 19.2 Å². The second kappa shape index (κ2) is 11.5. The molecule has 0 spiro atoms. The third-order valence-corrected chi connectivity index (χ3v) is 8.48. The first-order valence-corrected chi connectivity index (χ1v) is 14.5. The van der Waals surface area contributed by atoms with Gasteiger partial charge in [0.1, 0.15) is 10.8 Å². The fraction of sp³-hybridized carbons (Fsp3) is 0.355. The van der Waals surface area contributed by atoms with Crippen molar-refractivity contribution in [1.29, 1.82) is 0 Å². The van der Waals surface area contributed by atoms with Gasteiger partial charge < -0.3 is 24.0 Å². The van der Waals surface area contributed by atoms with Crippen LogP contribution < -0.4 is 14.2 Å². The summed E-state index contributed by atoms with van der Waals surface area (Å²) in [5, 5.41) is 13.8. The molecule has 2 aliphatic rings. The molecule has 3 heterocycles. The Morgan fingerprint density at radius 3 is 2.69 bits per heavy atom. The number of unbranched alkanes of at least 4 members (excludes halogenated alkanes) is 2. The van der Waals surface area contributed by atoms with E-state index in [-0.39, 0.29) is 5.92 Å². The molecule has 202 valence electrons. The highest BCUT2D eigenvalue weighted by Crippen LogP contribution is 2.37. The lowest BCUT2D eigenvalue weighted by molar-refractivity contribution is -0.406. The molecule has 6 rings (SSSR count). The first-order valence-electron chi connectivity index (χ1n) is 13.7. The minimum Gasteiger partial charge on any atom is -0.618 e. The Bertz CT molecular complexity index is 1470. The summed E-state index contributed by atoms with van der Waals surface area (Å²) < 4.78 is 22.0. The molecule has 0 radical (unpaired) electrons. The summed E-state index contributed by atoms with van der Waals surface area (Å²) in [6, 6.07) is 16.4. The maximum absolute atomic E-state index is 12.7. The molecule has 39 heavy (non-hydrogen) atoms. The van der Waals surface area contributed by atoms with E-state index in [9.17, 15) is 5.21 Å². The maximum atomic E-state index is 12.7. The number of hydroxylamine groups is 1. The number of aromatic nitrogens is 2. The minimum absolute atomic E-state index is 0.238. The second-order valence-corrected chi connectivity index (χ2v) is 11.1. The van der Waals surface area contributed by atoms with E-state index in [1.807, 2.05) is 36.5 Å². The Kier molecular flexibility index (Phi) is 7.54. The monoisotopic (exact) mass is 543 g/mol. The molecule has 1 aliphatic carbocycles. The Hall–Kier alpha value is -3.78. The summed E-state index contributed by atoms with van der Waals surface area (Å²) in [5.41, 5.74) is 3.80. The molecule has 2 aromatic heterocycles. The van der Waals surface area contributed by atoms with Gasteiger partial charge in [0, 0.05) is 12.1 Å². The molecule has 0 N–H and O–H groups in total. The first kappa shape index (κ1) is 25.5. The zero-order valence-corrected chi connectivity index (χ0v) is 23.0. The molecule has 4 aromatic rings. The van der Waals surface area contributed by atoms with Crippen molar-refractivity contribution in [2.45, 2.75) is 45.1 Å². The lowest BCUT2D eigenvalue weighted by Gasteiger charge is -2.20. The molecule has 0 bridgehead atoms. The van der Waals surface area contributed by atoms with Crippen molar-refractivity contribution in [2.75, 3.05) is 20.3 Å². The van der Waals surface area contributed by atoms with Gasteiger partial charge >= 0.3 is 0 Å². The van der Waals surface area contributed by atoms with Gasteiger partial charge in [-0.3, -0.25) is 0 Å². The highest BCUT2D eigenvalue weighted by atomic mass is 32.1. The van der Waals surface area contributed by atoms with Crippen molar-refractivity contribution in [2.24, 2.45) is 5.92 Å². The molecule has 1 atom stereocenters. The van der Waals surface area contributed by atoms with Crippen LogP contribution in [0.3, 0.4) is 0 Å². The number of thiazole rings is 1. The summed E-state index contributed by atoms with van der Waals surface area (Å²) in [6.07, 6.45) is 11.7. The van der Waals surface area contributed by atoms with Crippen LogP contribution >= 0.6 is 11.3 Å². The smallest absolute Gasteiger partial charge is 0.208 e. The van der Waals surface area contributed by atoms with E-state index in [0.29, 0.717) is 24.7 Å². The van der Waals surface area contributed by atoms with E-state index in [1.165, 1.54) is 4.70 Å². The number of hydrogen-bond donors (Lipinski definition) is 0. The number of allylic oxidation sites excluding steroid dienone is 2. The van der Waals surface area contributed by atoms with Crippen molar-refractivity contribution in [3.8, 4) is 27.8 Å². The van der Waals surface area contributed by atoms with Crippen LogP contribution in [0.5, 0.6) is 17.2 Å². The third kappa shape index (κ3) is 5.52. The summed E-state index contributed by atoms with van der Waals surface area (Å²) >= 11 is 1.71. The number of fused-ring (bicyclic) bond motifs is 3. The molecular weight excluding hydrogens is 510 g/mol. The summed E-state index contributed by atoms with van der Waals surface area (Å²) in [7, 11) is 1.63. The van der Waals surface area contributed by atoms with E-state index in [2.05, 4.69) is 28.8 Å². The highest BCUT2D eigenvalue weighted by Gasteiger charge is 2.31. The summed E-state index contributed by atoms with van der Waals surface area (Å²) in [6.45, 7) is 2.03. The number of nitrogens with zero attached hydrogens (tertiary/aromatic N) is 3. The SMILES string of the molecule is COc1c(OCCCCCOc2ccc(-c3nc4ccccc4s3)cc2)cn2c1C=[N+]([O-])C1=CCCC[C@H]1C2. The topological polar surface area (TPSA) is 71.6 Å². The van der Waals surface area contributed by atoms with Crippen molar-refractivity contribution >= 4 is 27.8 Å². The molecule has 0 saturated heterocycles. The van der Waals surface area contributed by atoms with Crippen LogP contribution in [0.4, 0.5) is 0 Å². The minimum atomic E-state index is 0.238. The van der Waals surface area contributed by atoms with Crippen molar-refractivity contribution in [3.05, 3.63) is 77.4 Å². The maximum Gasteiger partial charge on any atom is 0.208 e. The van der Waals surface area contributed by atoms with Gasteiger partial charge in [0.25, 0.3) is 0 Å². The Labute approximate surface area is 232 Å². The zero-order valence-electron chi connectivity index (χ0n) is 22.2. The molecule has 0 fully saturated rings. The highest BCUT2D eigenvalue weighted by molar-refractivity contribution is 7.21. The number of hydrogen-bond acceptors (Lipinski definition) is 6. The second-order valence-electron chi connectivity index (χ2n) is 10.0. The van der Waals surface area contributed by atoms with Crippen LogP contribution in [0.2, 0.25) is 0 Å². The lowest BCUT2D eigenvalue weighted by atomic mass is 9.92. The van der Waals surface area contributed by atoms with Crippen LogP contribution in [-0.2, 0) is 6.54 Å². The lowest BCUT2D eigenvalue weighted by Crippen LogP contribution is -2.18. The van der Waals surface area contributed by atoms with Gasteiger partial charge in [0.2, 0.25) is 6.21 Å². The van der Waals surface area contributed by atoms with Gasteiger partial charge in [0.05, 0.1) is 42.7 Å². The van der Waals surface area contributed by atoms with Crippen LogP contribution in [0.15, 0.2) is 66.5 Å². The van der Waals surface area contributed by atoms with Crippen LogP contribution in [-0.4, -0.2) is 40.8 Å². The van der Waals surface area contributed by atoms with E-state index in [1.54, 1.807) is 24.7 Å². The van der Waals surface area contributed by atoms with Crippen LogP contribution in [0.25, 0.3) is 20.8 Å². The average molecular weight is 544 g/mol. The first-order chi connectivity index (χ1) is 19.2. The van der Waals surface area contributed by atoms with E-state index in [0.717, 1.165) is 83.0 Å². The van der Waals surface area contributed by atoms with Crippen molar-refractivity contribution in [1.82, 2.24) is 9.55 Å². The quantitative estimate of drug-likeness (QED) is 0.122. The number of rotatable bonds is 10. The summed E-state index contributed by atoms with van der Waals surface area (Å²) in [4.78, 5) is 4.73. The number of methoxy groups -OCH3 is 1. The Balaban J connectivity index is 0.962. The van der Waals surface area contributed by atoms with Gasteiger partial charge in [0.15, 0.2) is 22.9 Å². The predicted octanol–water partition coefficient (Wildman–Crippen LogP) is 7.03. The van der Waals surface area contributed by atoms with Gasteiger partial charge in [-0.25, -0.2) is 4.98 Å². The Morgan fingerprint density at radius 2 is 1.87 bits per heavy atom. The van der Waals surface area contributed by atoms with E-state index >= 15 is 0 Å². The normalized spacial score (nSPS) is 16.6. The van der Waals surface area contributed by atoms with Crippen molar-refractivity contribution in [3.63, 3.8) is 0 Å². The molecule has 2 aromatic carbocycles. The molecule has 7 nitrogen and oxygen atoms in total. The van der Waals surface area contributed by atoms with Crippen LogP contribution in [0, 0.1) is 11.1 Å². The molecule has 8 heteroatoms. The number of benzene rings is 2. The average Bonchev–Trinajstić information content (AvgIpc) is 3.50. The predicted molar refractivity (Wildman–Crippen MR) is 155 cm³/mol. The third-order valence-electron chi connectivity index (χ3n) is 7.39. The van der Waals surface area contributed by atoms with Crippen LogP contribution in [0.1, 0.15) is 44.2 Å². The van der Waals surface area contributed by atoms with Crippen molar-refractivity contribution < 1.29 is 18.9 Å². The largest absolute Gasteiger partial charge is 0.618 e. The molecule has 0 unspecified atom stereocenters. The van der Waals surface area contributed by atoms with Gasteiger partial charge in [-0.1, -0.05) is 12.1 Å². The van der Waals surface area contributed by atoms with Gasteiger partial charge in [-0.15, -0.1) is 11.3 Å².